The Labute approximate surface area is 195 Å². The highest BCUT2D eigenvalue weighted by molar-refractivity contribution is 7.89. The molecule has 0 unspecified atom stereocenters. The van der Waals surface area contributed by atoms with Gasteiger partial charge < -0.3 is 5.11 Å². The summed E-state index contributed by atoms with van der Waals surface area (Å²) in [5.41, 5.74) is 5.32. The van der Waals surface area contributed by atoms with Crippen LogP contribution in [0, 0.1) is 0 Å². The standard InChI is InChI=1S/C25H30N4O3S/c1-33(31,32)17-18-5-4-7-20(13-18)19-9-11-28(12-10-19)15-22-16-29(27-26-22)25-23-8-3-2-6-21(23)14-24(25)30/h2-8,13,16,19,24-25,30H,9-12,14-15,17H2,1H3/t24-,25-/m1/s1. The Morgan fingerprint density at radius 2 is 1.88 bits per heavy atom. The average Bonchev–Trinajstić information content (AvgIpc) is 3.36. The van der Waals surface area contributed by atoms with Crippen molar-refractivity contribution in [1.29, 1.82) is 0 Å². The lowest BCUT2D eigenvalue weighted by atomic mass is 9.88. The van der Waals surface area contributed by atoms with Crippen LogP contribution in [-0.2, 0) is 28.6 Å². The normalized spacial score (nSPS) is 21.9. The maximum absolute atomic E-state index is 11.6. The first-order chi connectivity index (χ1) is 15.9. The number of rotatable bonds is 6. The Morgan fingerprint density at radius 1 is 1.09 bits per heavy atom. The molecule has 1 aromatic heterocycles. The molecule has 3 aromatic rings. The van der Waals surface area contributed by atoms with E-state index in [2.05, 4.69) is 39.5 Å². The monoisotopic (exact) mass is 466 g/mol. The van der Waals surface area contributed by atoms with Gasteiger partial charge in [-0.1, -0.05) is 53.7 Å². The van der Waals surface area contributed by atoms with Gasteiger partial charge in [-0.15, -0.1) is 5.10 Å². The summed E-state index contributed by atoms with van der Waals surface area (Å²) in [5.74, 6) is 0.539. The second-order valence-electron chi connectivity index (χ2n) is 9.47. The van der Waals surface area contributed by atoms with Crippen LogP contribution >= 0.6 is 0 Å². The molecule has 2 heterocycles. The summed E-state index contributed by atoms with van der Waals surface area (Å²) in [4.78, 5) is 2.39. The third-order valence-corrected chi connectivity index (χ3v) is 7.69. The van der Waals surface area contributed by atoms with Crippen molar-refractivity contribution < 1.29 is 13.5 Å². The van der Waals surface area contributed by atoms with Crippen LogP contribution in [0.1, 0.15) is 52.7 Å². The molecule has 0 saturated carbocycles. The largest absolute Gasteiger partial charge is 0.390 e. The quantitative estimate of drug-likeness (QED) is 0.601. The predicted molar refractivity (Wildman–Crippen MR) is 127 cm³/mol. The van der Waals surface area contributed by atoms with E-state index in [0.717, 1.165) is 49.3 Å². The number of sulfone groups is 1. The molecule has 33 heavy (non-hydrogen) atoms. The average molecular weight is 467 g/mol. The number of hydrogen-bond acceptors (Lipinski definition) is 6. The zero-order valence-corrected chi connectivity index (χ0v) is 19.7. The van der Waals surface area contributed by atoms with Crippen molar-refractivity contribution in [2.75, 3.05) is 19.3 Å². The van der Waals surface area contributed by atoms with Crippen LogP contribution in [0.15, 0.2) is 54.7 Å². The van der Waals surface area contributed by atoms with Crippen LogP contribution < -0.4 is 0 Å². The fraction of sp³-hybridized carbons (Fsp3) is 0.440. The van der Waals surface area contributed by atoms with Crippen LogP contribution in [0.5, 0.6) is 0 Å². The molecule has 2 aliphatic rings. The molecular formula is C25H30N4O3S. The summed E-state index contributed by atoms with van der Waals surface area (Å²) in [7, 11) is -3.03. The van der Waals surface area contributed by atoms with Gasteiger partial charge in [0.15, 0.2) is 9.84 Å². The molecule has 7 nitrogen and oxygen atoms in total. The third kappa shape index (κ3) is 5.03. The Kier molecular flexibility index (Phi) is 6.07. The second kappa shape index (κ2) is 9.00. The van der Waals surface area contributed by atoms with Gasteiger partial charge in [0.1, 0.15) is 6.04 Å². The van der Waals surface area contributed by atoms with Crippen LogP contribution in [0.3, 0.4) is 0 Å². The van der Waals surface area contributed by atoms with E-state index in [1.54, 1.807) is 0 Å². The lowest BCUT2D eigenvalue weighted by Gasteiger charge is -2.31. The molecule has 1 aliphatic carbocycles. The van der Waals surface area contributed by atoms with Gasteiger partial charge in [0.25, 0.3) is 0 Å². The molecule has 2 aromatic carbocycles. The lowest BCUT2D eigenvalue weighted by molar-refractivity contribution is 0.137. The smallest absolute Gasteiger partial charge is 0.151 e. The van der Waals surface area contributed by atoms with E-state index >= 15 is 0 Å². The molecule has 1 fully saturated rings. The first-order valence-corrected chi connectivity index (χ1v) is 13.6. The molecule has 1 saturated heterocycles. The number of hydrogen-bond donors (Lipinski definition) is 1. The second-order valence-corrected chi connectivity index (χ2v) is 11.6. The van der Waals surface area contributed by atoms with Crippen LogP contribution in [0.2, 0.25) is 0 Å². The van der Waals surface area contributed by atoms with Gasteiger partial charge >= 0.3 is 0 Å². The van der Waals surface area contributed by atoms with E-state index in [-0.39, 0.29) is 11.8 Å². The minimum Gasteiger partial charge on any atom is -0.390 e. The number of aliphatic hydroxyl groups excluding tert-OH is 1. The Hall–Kier alpha value is -2.55. The first kappa shape index (κ1) is 22.3. The van der Waals surface area contributed by atoms with Gasteiger partial charge in [-0.25, -0.2) is 13.1 Å². The van der Waals surface area contributed by atoms with E-state index in [1.807, 2.05) is 35.1 Å². The van der Waals surface area contributed by atoms with Gasteiger partial charge in [0.2, 0.25) is 0 Å². The Bertz CT molecular complexity index is 1230. The van der Waals surface area contributed by atoms with Crippen LogP contribution in [0.4, 0.5) is 0 Å². The summed E-state index contributed by atoms with van der Waals surface area (Å²) in [6.07, 6.45) is 5.48. The Morgan fingerprint density at radius 3 is 2.67 bits per heavy atom. The highest BCUT2D eigenvalue weighted by atomic mass is 32.2. The van der Waals surface area contributed by atoms with Gasteiger partial charge in [-0.05, 0) is 54.1 Å². The van der Waals surface area contributed by atoms with Crippen LogP contribution in [-0.4, -0.2) is 58.9 Å². The summed E-state index contributed by atoms with van der Waals surface area (Å²) in [6, 6.07) is 16.0. The maximum atomic E-state index is 11.6. The third-order valence-electron chi connectivity index (χ3n) is 6.83. The van der Waals surface area contributed by atoms with Gasteiger partial charge in [-0.3, -0.25) is 4.90 Å². The molecule has 1 aliphatic heterocycles. The highest BCUT2D eigenvalue weighted by Crippen LogP contribution is 2.34. The first-order valence-electron chi connectivity index (χ1n) is 11.5. The zero-order chi connectivity index (χ0) is 23.0. The Balaban J connectivity index is 1.20. The van der Waals surface area contributed by atoms with Crippen molar-refractivity contribution in [3.05, 3.63) is 82.7 Å². The number of likely N-dealkylation sites (tertiary alicyclic amines) is 1. The van der Waals surface area contributed by atoms with E-state index in [4.69, 9.17) is 0 Å². The SMILES string of the molecule is CS(=O)(=O)Cc1cccc(C2CCN(Cc3cn([C@@H]4c5ccccc5C[C@H]4O)nn3)CC2)c1. The van der Waals surface area contributed by atoms with E-state index in [1.165, 1.54) is 17.4 Å². The molecule has 2 atom stereocenters. The summed E-state index contributed by atoms with van der Waals surface area (Å²) >= 11 is 0. The van der Waals surface area contributed by atoms with Crippen molar-refractivity contribution >= 4 is 9.84 Å². The molecule has 1 N–H and O–H groups in total. The molecule has 0 radical (unpaired) electrons. The molecular weight excluding hydrogens is 436 g/mol. The fourth-order valence-corrected chi connectivity index (χ4v) is 6.07. The van der Waals surface area contributed by atoms with Crippen molar-refractivity contribution in [3.63, 3.8) is 0 Å². The maximum Gasteiger partial charge on any atom is 0.151 e. The van der Waals surface area contributed by atoms with Crippen LogP contribution in [0.25, 0.3) is 0 Å². The highest BCUT2D eigenvalue weighted by Gasteiger charge is 2.33. The predicted octanol–water partition coefficient (Wildman–Crippen LogP) is 2.71. The van der Waals surface area contributed by atoms with Gasteiger partial charge in [-0.2, -0.15) is 0 Å². The van der Waals surface area contributed by atoms with Crippen molar-refractivity contribution in [2.24, 2.45) is 0 Å². The fourth-order valence-electron chi connectivity index (χ4n) is 5.29. The molecule has 8 heteroatoms. The molecule has 0 spiro atoms. The minimum absolute atomic E-state index is 0.0928. The number of fused-ring (bicyclic) bond motifs is 1. The summed E-state index contributed by atoms with van der Waals surface area (Å²) in [6.45, 7) is 2.66. The molecule has 0 amide bonds. The van der Waals surface area contributed by atoms with E-state index in [9.17, 15) is 13.5 Å². The van der Waals surface area contributed by atoms with Gasteiger partial charge in [0, 0.05) is 19.2 Å². The summed E-state index contributed by atoms with van der Waals surface area (Å²) < 4.78 is 25.1. The number of benzene rings is 2. The number of nitrogens with zero attached hydrogens (tertiary/aromatic N) is 4. The molecule has 0 bridgehead atoms. The number of aliphatic hydroxyl groups is 1. The zero-order valence-electron chi connectivity index (χ0n) is 18.8. The van der Waals surface area contributed by atoms with Crippen molar-refractivity contribution in [2.45, 2.75) is 49.6 Å². The van der Waals surface area contributed by atoms with Crippen molar-refractivity contribution in [3.8, 4) is 0 Å². The van der Waals surface area contributed by atoms with E-state index < -0.39 is 15.9 Å². The van der Waals surface area contributed by atoms with Gasteiger partial charge in [0.05, 0.1) is 23.7 Å². The molecule has 5 rings (SSSR count). The number of aromatic nitrogens is 3. The van der Waals surface area contributed by atoms with E-state index in [0.29, 0.717) is 12.3 Å². The number of piperidine rings is 1. The molecule has 174 valence electrons. The topological polar surface area (TPSA) is 88.3 Å². The van der Waals surface area contributed by atoms with Crippen molar-refractivity contribution in [1.82, 2.24) is 19.9 Å². The lowest BCUT2D eigenvalue weighted by Crippen LogP contribution is -2.32. The summed E-state index contributed by atoms with van der Waals surface area (Å²) in [5, 5.41) is 19.3. The minimum atomic E-state index is -3.03.